The van der Waals surface area contributed by atoms with Crippen LogP contribution in [0.15, 0.2) is 0 Å². The van der Waals surface area contributed by atoms with Crippen LogP contribution in [0.2, 0.25) is 0 Å². The lowest BCUT2D eigenvalue weighted by atomic mass is 9.88. The van der Waals surface area contributed by atoms with E-state index < -0.39 is 0 Å². The van der Waals surface area contributed by atoms with E-state index in [0.29, 0.717) is 18.2 Å². The third kappa shape index (κ3) is 4.44. The minimum absolute atomic E-state index is 0.503. The lowest BCUT2D eigenvalue weighted by molar-refractivity contribution is -0.00486. The van der Waals surface area contributed by atoms with Crippen LogP contribution in [0.5, 0.6) is 0 Å². The van der Waals surface area contributed by atoms with Gasteiger partial charge in [0.2, 0.25) is 0 Å². The predicted molar refractivity (Wildman–Crippen MR) is 89.1 cm³/mol. The molecule has 0 aromatic carbocycles. The van der Waals surface area contributed by atoms with Gasteiger partial charge in [0.05, 0.1) is 25.9 Å². The van der Waals surface area contributed by atoms with Gasteiger partial charge in [-0.2, -0.15) is 0 Å². The van der Waals surface area contributed by atoms with Crippen LogP contribution in [0.3, 0.4) is 0 Å². The topological polar surface area (TPSA) is 42.5 Å². The number of hydrogen-bond donors (Lipinski definition) is 2. The second kappa shape index (κ2) is 8.62. The highest BCUT2D eigenvalue weighted by Crippen LogP contribution is 2.29. The highest BCUT2D eigenvalue weighted by atomic mass is 16.5. The van der Waals surface area contributed by atoms with Crippen molar-refractivity contribution in [3.63, 3.8) is 0 Å². The molecule has 2 aliphatic carbocycles. The van der Waals surface area contributed by atoms with Crippen molar-refractivity contribution < 1.29 is 9.47 Å². The Hall–Kier alpha value is -0.160. The first-order valence-electron chi connectivity index (χ1n) is 9.50. The van der Waals surface area contributed by atoms with E-state index in [9.17, 15) is 0 Å². The van der Waals surface area contributed by atoms with Gasteiger partial charge in [-0.15, -0.1) is 0 Å². The summed E-state index contributed by atoms with van der Waals surface area (Å²) in [6.45, 7) is 6.98. The van der Waals surface area contributed by atoms with Gasteiger partial charge in [0, 0.05) is 25.2 Å². The Morgan fingerprint density at radius 1 is 1.14 bits per heavy atom. The van der Waals surface area contributed by atoms with Crippen molar-refractivity contribution >= 4 is 0 Å². The van der Waals surface area contributed by atoms with E-state index in [1.165, 1.54) is 44.9 Å². The first kappa shape index (κ1) is 16.7. The molecule has 1 aliphatic heterocycles. The van der Waals surface area contributed by atoms with Crippen molar-refractivity contribution in [3.8, 4) is 0 Å². The van der Waals surface area contributed by atoms with Gasteiger partial charge in [-0.25, -0.2) is 0 Å². The second-order valence-corrected chi connectivity index (χ2v) is 7.46. The zero-order valence-corrected chi connectivity index (χ0v) is 14.2. The molecule has 1 heterocycles. The first-order valence-corrected chi connectivity index (χ1v) is 9.50. The monoisotopic (exact) mass is 310 g/mol. The second-order valence-electron chi connectivity index (χ2n) is 7.46. The third-order valence-electron chi connectivity index (χ3n) is 5.91. The van der Waals surface area contributed by atoms with Crippen molar-refractivity contribution in [1.82, 2.24) is 10.6 Å². The molecule has 0 aromatic heterocycles. The molecule has 5 unspecified atom stereocenters. The predicted octanol–water partition coefficient (Wildman–Crippen LogP) is 2.33. The largest absolute Gasteiger partial charge is 0.379 e. The molecule has 0 amide bonds. The fourth-order valence-corrected chi connectivity index (χ4v) is 4.57. The van der Waals surface area contributed by atoms with Crippen LogP contribution in [-0.4, -0.2) is 51.1 Å². The van der Waals surface area contributed by atoms with Gasteiger partial charge in [-0.1, -0.05) is 26.2 Å². The Balaban J connectivity index is 1.35. The molecular weight excluding hydrogens is 276 g/mol. The van der Waals surface area contributed by atoms with E-state index in [1.807, 2.05) is 0 Å². The van der Waals surface area contributed by atoms with Crippen molar-refractivity contribution in [2.45, 2.75) is 70.1 Å². The molecule has 128 valence electrons. The van der Waals surface area contributed by atoms with E-state index in [1.54, 1.807) is 0 Å². The Morgan fingerprint density at radius 2 is 2.05 bits per heavy atom. The molecule has 2 saturated carbocycles. The normalized spacial score (nSPS) is 40.0. The summed E-state index contributed by atoms with van der Waals surface area (Å²) in [6, 6.07) is 1.19. The van der Waals surface area contributed by atoms with Gasteiger partial charge in [0.1, 0.15) is 0 Å². The molecule has 2 N–H and O–H groups in total. The summed E-state index contributed by atoms with van der Waals surface area (Å²) in [5.41, 5.74) is 0. The number of morpholine rings is 1. The maximum Gasteiger partial charge on any atom is 0.0623 e. The van der Waals surface area contributed by atoms with Gasteiger partial charge in [0.25, 0.3) is 0 Å². The fourth-order valence-electron chi connectivity index (χ4n) is 4.57. The highest BCUT2D eigenvalue weighted by Gasteiger charge is 2.34. The molecule has 0 radical (unpaired) electrons. The number of rotatable bonds is 6. The van der Waals surface area contributed by atoms with Crippen molar-refractivity contribution in [3.05, 3.63) is 0 Å². The van der Waals surface area contributed by atoms with Crippen LogP contribution in [0.4, 0.5) is 0 Å². The molecule has 0 aromatic rings. The number of hydrogen-bond acceptors (Lipinski definition) is 4. The van der Waals surface area contributed by atoms with Crippen LogP contribution in [0, 0.1) is 11.8 Å². The standard InChI is InChI=1S/C18H34N2O2/c1-14-5-2-3-8-18(14)22-12-10-19-16-7-4-6-15(16)17-13-21-11-9-20-17/h14-20H,2-13H2,1H3. The quantitative estimate of drug-likeness (QED) is 0.739. The van der Waals surface area contributed by atoms with Crippen molar-refractivity contribution in [2.75, 3.05) is 32.9 Å². The molecule has 5 atom stereocenters. The van der Waals surface area contributed by atoms with Crippen LogP contribution >= 0.6 is 0 Å². The van der Waals surface area contributed by atoms with Gasteiger partial charge in [-0.3, -0.25) is 0 Å². The zero-order valence-electron chi connectivity index (χ0n) is 14.2. The molecule has 1 saturated heterocycles. The van der Waals surface area contributed by atoms with Crippen molar-refractivity contribution in [2.24, 2.45) is 11.8 Å². The van der Waals surface area contributed by atoms with Crippen LogP contribution < -0.4 is 10.6 Å². The molecule has 22 heavy (non-hydrogen) atoms. The molecule has 4 nitrogen and oxygen atoms in total. The Morgan fingerprint density at radius 3 is 2.86 bits per heavy atom. The lowest BCUT2D eigenvalue weighted by Gasteiger charge is -2.33. The van der Waals surface area contributed by atoms with Crippen LogP contribution in [0.1, 0.15) is 51.9 Å². The van der Waals surface area contributed by atoms with E-state index in [-0.39, 0.29) is 0 Å². The summed E-state index contributed by atoms with van der Waals surface area (Å²) in [5, 5.41) is 7.41. The van der Waals surface area contributed by atoms with Gasteiger partial charge >= 0.3 is 0 Å². The van der Waals surface area contributed by atoms with Crippen LogP contribution in [0.25, 0.3) is 0 Å². The molecule has 0 spiro atoms. The third-order valence-corrected chi connectivity index (χ3v) is 5.91. The molecule has 4 heteroatoms. The average Bonchev–Trinajstić information content (AvgIpc) is 3.02. The van der Waals surface area contributed by atoms with E-state index in [0.717, 1.165) is 44.7 Å². The minimum atomic E-state index is 0.503. The maximum atomic E-state index is 6.13. The Labute approximate surface area is 135 Å². The number of ether oxygens (including phenoxy) is 2. The zero-order chi connectivity index (χ0) is 15.2. The number of nitrogens with one attached hydrogen (secondary N) is 2. The van der Waals surface area contributed by atoms with Crippen LogP contribution in [-0.2, 0) is 9.47 Å². The molecule has 3 aliphatic rings. The van der Waals surface area contributed by atoms with E-state index >= 15 is 0 Å². The molecule has 3 fully saturated rings. The molecule has 3 rings (SSSR count). The SMILES string of the molecule is CC1CCCCC1OCCNC1CCCC1C1COCCN1. The molecular formula is C18H34N2O2. The first-order chi connectivity index (χ1) is 10.8. The lowest BCUT2D eigenvalue weighted by Crippen LogP contribution is -2.51. The van der Waals surface area contributed by atoms with Gasteiger partial charge in [0.15, 0.2) is 0 Å². The summed E-state index contributed by atoms with van der Waals surface area (Å²) in [4.78, 5) is 0. The summed E-state index contributed by atoms with van der Waals surface area (Å²) in [6.07, 6.45) is 9.83. The van der Waals surface area contributed by atoms with E-state index in [4.69, 9.17) is 9.47 Å². The summed E-state index contributed by atoms with van der Waals surface area (Å²) in [5.74, 6) is 1.48. The van der Waals surface area contributed by atoms with Gasteiger partial charge in [-0.05, 0) is 37.5 Å². The Kier molecular flexibility index (Phi) is 6.54. The fraction of sp³-hybridized carbons (Fsp3) is 1.00. The summed E-state index contributed by atoms with van der Waals surface area (Å²) < 4.78 is 11.8. The van der Waals surface area contributed by atoms with Gasteiger partial charge < -0.3 is 20.1 Å². The minimum Gasteiger partial charge on any atom is -0.379 e. The molecule has 0 bridgehead atoms. The Bertz CT molecular complexity index is 320. The van der Waals surface area contributed by atoms with E-state index in [2.05, 4.69) is 17.6 Å². The smallest absolute Gasteiger partial charge is 0.0623 e. The highest BCUT2D eigenvalue weighted by molar-refractivity contribution is 4.92. The van der Waals surface area contributed by atoms with Crippen molar-refractivity contribution in [1.29, 1.82) is 0 Å². The summed E-state index contributed by atoms with van der Waals surface area (Å²) >= 11 is 0. The average molecular weight is 310 g/mol. The summed E-state index contributed by atoms with van der Waals surface area (Å²) in [7, 11) is 0. The maximum absolute atomic E-state index is 6.13.